The maximum Gasteiger partial charge on any atom is 0.251 e. The van der Waals surface area contributed by atoms with E-state index in [0.29, 0.717) is 98.1 Å². The number of anilines is 1. The van der Waals surface area contributed by atoms with Gasteiger partial charge in [-0.1, -0.05) is 23.2 Å². The molecule has 0 atom stereocenters. The van der Waals surface area contributed by atoms with E-state index in [1.54, 1.807) is 32.4 Å². The largest absolute Gasteiger partial charge is 0.497 e. The van der Waals surface area contributed by atoms with Gasteiger partial charge in [-0.15, -0.1) is 0 Å². The van der Waals surface area contributed by atoms with Gasteiger partial charge in [0, 0.05) is 92.8 Å². The first-order chi connectivity index (χ1) is 22.9. The minimum Gasteiger partial charge on any atom is -0.497 e. The molecule has 0 unspecified atom stereocenters. The number of benzene rings is 3. The molecule has 2 amide bonds. The van der Waals surface area contributed by atoms with Crippen LogP contribution in [0.4, 0.5) is 5.69 Å². The maximum absolute atomic E-state index is 13.3. The van der Waals surface area contributed by atoms with Crippen LogP contribution >= 0.6 is 23.2 Å². The zero-order valence-electron chi connectivity index (χ0n) is 27.4. The molecular weight excluding hydrogens is 677 g/mol. The van der Waals surface area contributed by atoms with Crippen LogP contribution in [0.25, 0.3) is 0 Å². The Balaban J connectivity index is 1.09. The molecule has 3 aromatic carbocycles. The molecule has 5 rings (SSSR count). The molecule has 0 aromatic heterocycles. The van der Waals surface area contributed by atoms with Crippen molar-refractivity contribution in [3.8, 4) is 11.5 Å². The minimum atomic E-state index is -3.19. The van der Waals surface area contributed by atoms with E-state index in [4.69, 9.17) is 32.7 Å². The van der Waals surface area contributed by atoms with Crippen molar-refractivity contribution in [1.29, 1.82) is 0 Å². The van der Waals surface area contributed by atoms with Gasteiger partial charge in [0.2, 0.25) is 15.9 Å². The third kappa shape index (κ3) is 9.12. The molecular formula is C34H41Cl2N5O6S. The van der Waals surface area contributed by atoms with Crippen LogP contribution in [-0.2, 0) is 34.3 Å². The highest BCUT2D eigenvalue weighted by molar-refractivity contribution is 7.88. The number of sulfonamides is 1. The third-order valence-corrected chi connectivity index (χ3v) is 10.7. The number of methoxy groups -OCH3 is 2. The van der Waals surface area contributed by atoms with Crippen LogP contribution in [-0.4, -0.2) is 107 Å². The highest BCUT2D eigenvalue weighted by Crippen LogP contribution is 2.29. The van der Waals surface area contributed by atoms with Gasteiger partial charge >= 0.3 is 0 Å². The van der Waals surface area contributed by atoms with Crippen molar-refractivity contribution in [1.82, 2.24) is 19.4 Å². The van der Waals surface area contributed by atoms with Crippen molar-refractivity contribution >= 4 is 50.7 Å². The zero-order valence-corrected chi connectivity index (χ0v) is 29.7. The lowest BCUT2D eigenvalue weighted by Crippen LogP contribution is -2.49. The maximum atomic E-state index is 13.3. The van der Waals surface area contributed by atoms with Gasteiger partial charge in [0.05, 0.1) is 26.9 Å². The Morgan fingerprint density at radius 2 is 1.38 bits per heavy atom. The molecule has 14 heteroatoms. The molecule has 2 aliphatic rings. The molecule has 258 valence electrons. The highest BCUT2D eigenvalue weighted by Gasteiger charge is 2.25. The normalized spacial score (nSPS) is 16.1. The monoisotopic (exact) mass is 717 g/mol. The fourth-order valence-electron chi connectivity index (χ4n) is 5.95. The molecule has 3 aromatic rings. The summed E-state index contributed by atoms with van der Waals surface area (Å²) in [5.41, 5.74) is 3.93. The molecule has 2 saturated heterocycles. The smallest absolute Gasteiger partial charge is 0.251 e. The number of piperazine rings is 2. The van der Waals surface area contributed by atoms with Crippen molar-refractivity contribution in [3.05, 3.63) is 86.9 Å². The van der Waals surface area contributed by atoms with Gasteiger partial charge in [-0.3, -0.25) is 14.5 Å². The molecule has 2 aliphatic heterocycles. The Morgan fingerprint density at radius 3 is 1.92 bits per heavy atom. The number of carbonyl (C=O) groups is 2. The first-order valence-electron chi connectivity index (χ1n) is 15.7. The van der Waals surface area contributed by atoms with E-state index >= 15 is 0 Å². The summed E-state index contributed by atoms with van der Waals surface area (Å²) in [6.45, 7) is 5.48. The van der Waals surface area contributed by atoms with E-state index in [1.807, 2.05) is 41.3 Å². The average Bonchev–Trinajstić information content (AvgIpc) is 3.08. The van der Waals surface area contributed by atoms with E-state index < -0.39 is 10.0 Å². The first-order valence-corrected chi connectivity index (χ1v) is 18.3. The van der Waals surface area contributed by atoms with Gasteiger partial charge in [0.15, 0.2) is 0 Å². The standard InChI is InChI=1S/C34H41Cl2N5O6S/c1-46-28-16-24(17-29(20-28)47-2)22-37-34(43)26-4-6-27(7-5-26)39-10-12-40(13-11-39)33(42)21-30-31(35)18-25(19-32(30)36)23-38-8-14-41(15-9-38)48(3,44)45/h4-7,16-20H,8-15,21-23H2,1-3H3,(H,37,43). The molecule has 0 bridgehead atoms. The Morgan fingerprint density at radius 1 is 0.792 bits per heavy atom. The predicted octanol–water partition coefficient (Wildman–Crippen LogP) is 3.91. The molecule has 0 radical (unpaired) electrons. The van der Waals surface area contributed by atoms with E-state index in [9.17, 15) is 18.0 Å². The van der Waals surface area contributed by atoms with Crippen LogP contribution in [0, 0.1) is 0 Å². The van der Waals surface area contributed by atoms with Crippen LogP contribution in [0.3, 0.4) is 0 Å². The molecule has 48 heavy (non-hydrogen) atoms. The number of hydrogen-bond acceptors (Lipinski definition) is 8. The predicted molar refractivity (Wildman–Crippen MR) is 188 cm³/mol. The summed E-state index contributed by atoms with van der Waals surface area (Å²) in [5, 5.41) is 3.84. The van der Waals surface area contributed by atoms with Gasteiger partial charge < -0.3 is 24.6 Å². The van der Waals surface area contributed by atoms with Gasteiger partial charge in [0.25, 0.3) is 5.91 Å². The fraction of sp³-hybridized carbons (Fsp3) is 0.412. The van der Waals surface area contributed by atoms with Gasteiger partial charge in [-0.25, -0.2) is 8.42 Å². The second kappa shape index (κ2) is 15.8. The molecule has 0 spiro atoms. The number of nitrogens with zero attached hydrogens (tertiary/aromatic N) is 4. The first kappa shape index (κ1) is 35.7. The topological polar surface area (TPSA) is 112 Å². The van der Waals surface area contributed by atoms with Crippen LogP contribution in [0.2, 0.25) is 10.0 Å². The van der Waals surface area contributed by atoms with E-state index in [2.05, 4.69) is 15.1 Å². The molecule has 0 saturated carbocycles. The van der Waals surface area contributed by atoms with Gasteiger partial charge in [-0.2, -0.15) is 4.31 Å². The van der Waals surface area contributed by atoms with E-state index in [1.165, 1.54) is 10.6 Å². The van der Waals surface area contributed by atoms with Crippen LogP contribution in [0.1, 0.15) is 27.0 Å². The number of ether oxygens (including phenoxy) is 2. The van der Waals surface area contributed by atoms with E-state index in [-0.39, 0.29) is 18.2 Å². The van der Waals surface area contributed by atoms with Gasteiger partial charge in [0.1, 0.15) is 11.5 Å². The zero-order chi connectivity index (χ0) is 34.4. The lowest BCUT2D eigenvalue weighted by Gasteiger charge is -2.36. The summed E-state index contributed by atoms with van der Waals surface area (Å²) < 4.78 is 35.7. The lowest BCUT2D eigenvalue weighted by atomic mass is 10.1. The minimum absolute atomic E-state index is 0.0382. The summed E-state index contributed by atoms with van der Waals surface area (Å²) in [5.74, 6) is 1.09. The van der Waals surface area contributed by atoms with Crippen molar-refractivity contribution < 1.29 is 27.5 Å². The number of halogens is 2. The summed E-state index contributed by atoms with van der Waals surface area (Å²) in [6.07, 6.45) is 1.34. The fourth-order valence-corrected chi connectivity index (χ4v) is 7.44. The highest BCUT2D eigenvalue weighted by atomic mass is 35.5. The third-order valence-electron chi connectivity index (χ3n) is 8.73. The molecule has 2 fully saturated rings. The lowest BCUT2D eigenvalue weighted by molar-refractivity contribution is -0.130. The number of carbonyl (C=O) groups excluding carboxylic acids is 2. The van der Waals surface area contributed by atoms with Crippen molar-refractivity contribution in [2.24, 2.45) is 0 Å². The Labute approximate surface area is 292 Å². The Bertz CT molecular complexity index is 1680. The van der Waals surface area contributed by atoms with Crippen molar-refractivity contribution in [3.63, 3.8) is 0 Å². The second-order valence-corrected chi connectivity index (χ2v) is 14.8. The molecule has 2 heterocycles. The number of rotatable bonds is 11. The summed E-state index contributed by atoms with van der Waals surface area (Å²) >= 11 is 13.2. The Kier molecular flexibility index (Phi) is 11.7. The average molecular weight is 719 g/mol. The number of nitrogens with one attached hydrogen (secondary N) is 1. The van der Waals surface area contributed by atoms with Crippen LogP contribution in [0.5, 0.6) is 11.5 Å². The molecule has 1 N–H and O–H groups in total. The summed E-state index contributed by atoms with van der Waals surface area (Å²) in [7, 11) is -0.0204. The SMILES string of the molecule is COc1cc(CNC(=O)c2ccc(N3CCN(C(=O)Cc4c(Cl)cc(CN5CCN(S(C)(=O)=O)CC5)cc4Cl)CC3)cc2)cc(OC)c1. The van der Waals surface area contributed by atoms with Crippen molar-refractivity contribution in [2.45, 2.75) is 19.5 Å². The number of amides is 2. The molecule has 0 aliphatic carbocycles. The van der Waals surface area contributed by atoms with Crippen LogP contribution in [0.15, 0.2) is 54.6 Å². The van der Waals surface area contributed by atoms with Gasteiger partial charge in [-0.05, 0) is 65.2 Å². The Hall–Kier alpha value is -3.55. The van der Waals surface area contributed by atoms with E-state index in [0.717, 1.165) is 16.8 Å². The second-order valence-electron chi connectivity index (χ2n) is 12.0. The molecule has 11 nitrogen and oxygen atoms in total. The number of hydrogen-bond donors (Lipinski definition) is 1. The summed E-state index contributed by atoms with van der Waals surface area (Å²) in [4.78, 5) is 32.2. The van der Waals surface area contributed by atoms with Crippen LogP contribution < -0.4 is 19.7 Å². The quantitative estimate of drug-likeness (QED) is 0.318. The summed E-state index contributed by atoms with van der Waals surface area (Å²) in [6, 6.07) is 16.6. The van der Waals surface area contributed by atoms with Crippen molar-refractivity contribution in [2.75, 3.05) is 77.7 Å².